The van der Waals surface area contributed by atoms with Gasteiger partial charge in [0.05, 0.1) is 6.04 Å². The van der Waals surface area contributed by atoms with Crippen molar-refractivity contribution in [2.75, 3.05) is 5.32 Å². The molecule has 1 aliphatic rings. The van der Waals surface area contributed by atoms with Crippen LogP contribution in [0.15, 0.2) is 42.5 Å². The van der Waals surface area contributed by atoms with Gasteiger partial charge in [-0.15, -0.1) is 0 Å². The predicted molar refractivity (Wildman–Crippen MR) is 81.9 cm³/mol. The molecule has 0 bridgehead atoms. The third-order valence-electron chi connectivity index (χ3n) is 4.03. The normalized spacial score (nSPS) is 20.1. The van der Waals surface area contributed by atoms with Gasteiger partial charge < -0.3 is 5.32 Å². The summed E-state index contributed by atoms with van der Waals surface area (Å²) in [6.07, 6.45) is 0.835. The van der Waals surface area contributed by atoms with Crippen LogP contribution in [0.1, 0.15) is 37.4 Å². The van der Waals surface area contributed by atoms with E-state index in [1.165, 1.54) is 11.6 Å². The molecule has 0 spiro atoms. The maximum Gasteiger partial charge on any atom is 0.128 e. The monoisotopic (exact) mass is 289 g/mol. The Morgan fingerprint density at radius 3 is 2.75 bits per heavy atom. The van der Waals surface area contributed by atoms with Gasteiger partial charge in [-0.2, -0.15) is 0 Å². The number of hydrogen-bond acceptors (Lipinski definition) is 1. The summed E-state index contributed by atoms with van der Waals surface area (Å²) in [5.41, 5.74) is 2.99. The summed E-state index contributed by atoms with van der Waals surface area (Å²) in [5.74, 6) is -0.206. The van der Waals surface area contributed by atoms with Crippen LogP contribution in [0.25, 0.3) is 0 Å². The Hall–Kier alpha value is -1.54. The second-order valence-corrected chi connectivity index (χ2v) is 6.43. The molecule has 104 valence electrons. The third kappa shape index (κ3) is 2.29. The molecule has 1 heterocycles. The van der Waals surface area contributed by atoms with E-state index in [1.807, 2.05) is 18.2 Å². The van der Waals surface area contributed by atoms with Crippen molar-refractivity contribution < 1.29 is 4.39 Å². The maximum absolute atomic E-state index is 14.1. The van der Waals surface area contributed by atoms with E-state index in [0.29, 0.717) is 10.6 Å². The van der Waals surface area contributed by atoms with Gasteiger partial charge in [-0.05, 0) is 41.7 Å². The van der Waals surface area contributed by atoms with E-state index in [4.69, 9.17) is 11.6 Å². The number of fused-ring (bicyclic) bond motifs is 1. The van der Waals surface area contributed by atoms with Crippen molar-refractivity contribution in [1.82, 2.24) is 0 Å². The van der Waals surface area contributed by atoms with Gasteiger partial charge in [0.2, 0.25) is 0 Å². The second kappa shape index (κ2) is 4.78. The lowest BCUT2D eigenvalue weighted by Crippen LogP contribution is -2.31. The Morgan fingerprint density at radius 1 is 1.20 bits per heavy atom. The van der Waals surface area contributed by atoms with Crippen LogP contribution in [0, 0.1) is 5.82 Å². The second-order valence-electron chi connectivity index (χ2n) is 6.00. The van der Waals surface area contributed by atoms with E-state index in [-0.39, 0.29) is 17.3 Å². The van der Waals surface area contributed by atoms with E-state index in [9.17, 15) is 4.39 Å². The highest BCUT2D eigenvalue weighted by Crippen LogP contribution is 2.44. The molecule has 2 aromatic rings. The summed E-state index contributed by atoms with van der Waals surface area (Å²) in [6.45, 7) is 4.39. The molecule has 1 aliphatic heterocycles. The zero-order valence-electron chi connectivity index (χ0n) is 11.6. The van der Waals surface area contributed by atoms with Crippen LogP contribution in [0.2, 0.25) is 5.02 Å². The SMILES string of the molecule is CC1(C)CC(c2cc(Cl)ccc2F)Nc2ccccc21. The van der Waals surface area contributed by atoms with Crippen molar-refractivity contribution in [3.8, 4) is 0 Å². The number of rotatable bonds is 1. The maximum atomic E-state index is 14.1. The van der Waals surface area contributed by atoms with Gasteiger partial charge >= 0.3 is 0 Å². The number of para-hydroxylation sites is 1. The molecule has 0 saturated carbocycles. The van der Waals surface area contributed by atoms with E-state index >= 15 is 0 Å². The van der Waals surface area contributed by atoms with Crippen molar-refractivity contribution >= 4 is 17.3 Å². The quantitative estimate of drug-likeness (QED) is 0.750. The molecule has 2 aromatic carbocycles. The Labute approximate surface area is 123 Å². The van der Waals surface area contributed by atoms with Crippen molar-refractivity contribution in [3.63, 3.8) is 0 Å². The summed E-state index contributed by atoms with van der Waals surface area (Å²) >= 11 is 6.01. The highest BCUT2D eigenvalue weighted by atomic mass is 35.5. The first-order valence-corrected chi connectivity index (χ1v) is 7.16. The number of halogens is 2. The van der Waals surface area contributed by atoms with Gasteiger partial charge in [-0.1, -0.05) is 43.6 Å². The smallest absolute Gasteiger partial charge is 0.128 e. The zero-order valence-corrected chi connectivity index (χ0v) is 12.3. The van der Waals surface area contributed by atoms with Crippen LogP contribution in [0.5, 0.6) is 0 Å². The van der Waals surface area contributed by atoms with Gasteiger partial charge in [0.15, 0.2) is 0 Å². The first-order chi connectivity index (χ1) is 9.47. The molecule has 0 aromatic heterocycles. The van der Waals surface area contributed by atoms with E-state index < -0.39 is 0 Å². The van der Waals surface area contributed by atoms with Crippen LogP contribution in [0.3, 0.4) is 0 Å². The van der Waals surface area contributed by atoms with Crippen molar-refractivity contribution in [2.24, 2.45) is 0 Å². The number of anilines is 1. The van der Waals surface area contributed by atoms with Crippen LogP contribution in [-0.2, 0) is 5.41 Å². The molecular weight excluding hydrogens is 273 g/mol. The third-order valence-corrected chi connectivity index (χ3v) is 4.27. The Morgan fingerprint density at radius 2 is 1.95 bits per heavy atom. The Bertz CT molecular complexity index is 651. The molecule has 20 heavy (non-hydrogen) atoms. The van der Waals surface area contributed by atoms with Crippen LogP contribution >= 0.6 is 11.6 Å². The highest BCUT2D eigenvalue weighted by molar-refractivity contribution is 6.30. The largest absolute Gasteiger partial charge is 0.378 e. The Balaban J connectivity index is 2.05. The van der Waals surface area contributed by atoms with E-state index in [2.05, 4.69) is 25.2 Å². The van der Waals surface area contributed by atoms with Crippen molar-refractivity contribution in [3.05, 3.63) is 64.4 Å². The molecular formula is C17H17ClFN. The van der Waals surface area contributed by atoms with Gasteiger partial charge in [0.1, 0.15) is 5.82 Å². The molecule has 3 rings (SSSR count). The minimum atomic E-state index is -0.206. The topological polar surface area (TPSA) is 12.0 Å². The lowest BCUT2D eigenvalue weighted by molar-refractivity contribution is 0.419. The van der Waals surface area contributed by atoms with Gasteiger partial charge in [-0.25, -0.2) is 4.39 Å². The van der Waals surface area contributed by atoms with E-state index in [0.717, 1.165) is 12.1 Å². The first-order valence-electron chi connectivity index (χ1n) is 6.78. The summed E-state index contributed by atoms with van der Waals surface area (Å²) in [4.78, 5) is 0. The molecule has 1 unspecified atom stereocenters. The van der Waals surface area contributed by atoms with Crippen LogP contribution in [0.4, 0.5) is 10.1 Å². The highest BCUT2D eigenvalue weighted by Gasteiger charge is 2.34. The van der Waals surface area contributed by atoms with Gasteiger partial charge in [0, 0.05) is 16.3 Å². The first kappa shape index (κ1) is 13.4. The number of benzene rings is 2. The molecule has 1 nitrogen and oxygen atoms in total. The fourth-order valence-electron chi connectivity index (χ4n) is 3.03. The molecule has 0 amide bonds. The fourth-order valence-corrected chi connectivity index (χ4v) is 3.21. The number of hydrogen-bond donors (Lipinski definition) is 1. The number of nitrogens with one attached hydrogen (secondary N) is 1. The van der Waals surface area contributed by atoms with Gasteiger partial charge in [0.25, 0.3) is 0 Å². The molecule has 0 saturated heterocycles. The molecule has 0 aliphatic carbocycles. The molecule has 3 heteroatoms. The van der Waals surface area contributed by atoms with Crippen molar-refractivity contribution in [2.45, 2.75) is 31.7 Å². The predicted octanol–water partition coefficient (Wildman–Crippen LogP) is 5.31. The molecule has 0 radical (unpaired) electrons. The van der Waals surface area contributed by atoms with Crippen LogP contribution in [-0.4, -0.2) is 0 Å². The summed E-state index contributed by atoms with van der Waals surface area (Å²) in [5, 5.41) is 4.01. The van der Waals surface area contributed by atoms with Gasteiger partial charge in [-0.3, -0.25) is 0 Å². The molecule has 1 atom stereocenters. The molecule has 0 fully saturated rings. The zero-order chi connectivity index (χ0) is 14.3. The summed E-state index contributed by atoms with van der Waals surface area (Å²) < 4.78 is 14.1. The lowest BCUT2D eigenvalue weighted by atomic mass is 9.74. The summed E-state index contributed by atoms with van der Waals surface area (Å²) in [7, 11) is 0. The average Bonchev–Trinajstić information content (AvgIpc) is 2.41. The minimum Gasteiger partial charge on any atom is -0.378 e. The van der Waals surface area contributed by atoms with Crippen molar-refractivity contribution in [1.29, 1.82) is 0 Å². The summed E-state index contributed by atoms with van der Waals surface area (Å²) in [6, 6.07) is 12.9. The van der Waals surface area contributed by atoms with Crippen LogP contribution < -0.4 is 5.32 Å². The minimum absolute atomic E-state index is 0.00126. The Kier molecular flexibility index (Phi) is 3.21. The molecule has 1 N–H and O–H groups in total. The van der Waals surface area contributed by atoms with E-state index in [1.54, 1.807) is 12.1 Å². The standard InChI is InChI=1S/C17H17ClFN/c1-17(2)10-16(12-9-11(18)7-8-14(12)19)20-15-6-4-3-5-13(15)17/h3-9,16,20H,10H2,1-2H3. The lowest BCUT2D eigenvalue weighted by Gasteiger charge is -2.39. The fraction of sp³-hybridized carbons (Fsp3) is 0.294. The average molecular weight is 290 g/mol.